The fourth-order valence-corrected chi connectivity index (χ4v) is 11.9. The summed E-state index contributed by atoms with van der Waals surface area (Å²) in [6.07, 6.45) is 2.02. The van der Waals surface area contributed by atoms with Crippen molar-refractivity contribution >= 4 is 46.2 Å². The maximum Gasteiger partial charge on any atom is 0.120 e. The summed E-state index contributed by atoms with van der Waals surface area (Å²) >= 11 is 0. The van der Waals surface area contributed by atoms with Crippen molar-refractivity contribution in [2.75, 3.05) is 0 Å². The molecule has 0 saturated heterocycles. The summed E-state index contributed by atoms with van der Waals surface area (Å²) in [5.74, 6) is 1.30. The fourth-order valence-electron chi connectivity index (χ4n) is 10.2. The number of nitrogens with zero attached hydrogens (tertiary/aromatic N) is 4. The molecule has 0 amide bonds. The van der Waals surface area contributed by atoms with Crippen LogP contribution in [-0.2, 0) is 25.5 Å². The van der Waals surface area contributed by atoms with Crippen LogP contribution in [0.4, 0.5) is 0 Å². The molecule has 0 fully saturated rings. The van der Waals surface area contributed by atoms with E-state index in [1.54, 1.807) is 18.2 Å². The molecule has 0 unspecified atom stereocenters. The van der Waals surface area contributed by atoms with E-state index in [2.05, 4.69) is 206 Å². The SMILES string of the molecule is Cc1nc(-c2ccccc2)cc2nc(-c3[c-]ccc4c3oc3ccccc34)n(-c3c(C(C)C)cc(-c4ccccc4)cc3C(C)C)c12.[2H]C([2H])([2H])c1c[c-]c(-c2cc(C(C)(C)c3ccccc3)c([Si](C)(C)C)cn2)cc1.[Ir]. The molecule has 7 heteroatoms. The van der Waals surface area contributed by atoms with Gasteiger partial charge in [-0.25, -0.2) is 0 Å². The first kappa shape index (κ1) is 47.9. The van der Waals surface area contributed by atoms with Gasteiger partial charge in [-0.3, -0.25) is 9.97 Å². The van der Waals surface area contributed by atoms with Crippen LogP contribution < -0.4 is 5.19 Å². The molecule has 0 saturated carbocycles. The second kappa shape index (κ2) is 21.1. The predicted octanol–water partition coefficient (Wildman–Crippen LogP) is 17.4. The summed E-state index contributed by atoms with van der Waals surface area (Å²) in [5.41, 5.74) is 17.7. The first-order valence-corrected chi connectivity index (χ1v) is 28.9. The van der Waals surface area contributed by atoms with Gasteiger partial charge in [0.05, 0.1) is 41.9 Å². The molecule has 0 bridgehead atoms. The zero-order valence-electron chi connectivity index (χ0n) is 46.9. The van der Waals surface area contributed by atoms with Crippen LogP contribution in [0.5, 0.6) is 0 Å². The average Bonchev–Trinajstić information content (AvgIpc) is 4.07. The van der Waals surface area contributed by atoms with Crippen LogP contribution >= 0.6 is 0 Å². The van der Waals surface area contributed by atoms with Crippen molar-refractivity contribution < 1.29 is 28.6 Å². The van der Waals surface area contributed by atoms with Gasteiger partial charge in [0.15, 0.2) is 0 Å². The van der Waals surface area contributed by atoms with Gasteiger partial charge in [0.1, 0.15) is 5.58 Å². The zero-order valence-corrected chi connectivity index (χ0v) is 47.3. The molecular weight excluding hydrogens is 1100 g/mol. The molecule has 11 aromatic rings. The van der Waals surface area contributed by atoms with Crippen molar-refractivity contribution in [2.24, 2.45) is 0 Å². The van der Waals surface area contributed by atoms with Crippen LogP contribution in [0.1, 0.15) is 91.0 Å². The van der Waals surface area contributed by atoms with Crippen LogP contribution in [-0.4, -0.2) is 27.6 Å². The Kier molecular flexibility index (Phi) is 13.7. The molecule has 0 aliphatic heterocycles. The molecule has 0 aliphatic rings. The summed E-state index contributed by atoms with van der Waals surface area (Å²) < 4.78 is 31.6. The van der Waals surface area contributed by atoms with Gasteiger partial charge in [0.2, 0.25) is 0 Å². The van der Waals surface area contributed by atoms with E-state index in [9.17, 15) is 0 Å². The first-order valence-electron chi connectivity index (χ1n) is 26.9. The minimum absolute atomic E-state index is 0. The van der Waals surface area contributed by atoms with Gasteiger partial charge < -0.3 is 14.0 Å². The van der Waals surface area contributed by atoms with E-state index in [0.717, 1.165) is 78.3 Å². The van der Waals surface area contributed by atoms with Crippen LogP contribution in [0, 0.1) is 25.9 Å². The van der Waals surface area contributed by atoms with E-state index in [1.807, 2.05) is 36.5 Å². The van der Waals surface area contributed by atoms with E-state index >= 15 is 0 Å². The minimum Gasteiger partial charge on any atom is -0.501 e. The number of aromatic nitrogens is 4. The van der Waals surface area contributed by atoms with Gasteiger partial charge in [-0.2, -0.15) is 0 Å². The Balaban J connectivity index is 0.000000208. The molecular formula is C67H64IrN4OSi-2. The number of hydrogen-bond donors (Lipinski definition) is 0. The third-order valence-corrected chi connectivity index (χ3v) is 16.2. The predicted molar refractivity (Wildman–Crippen MR) is 309 cm³/mol. The van der Waals surface area contributed by atoms with Gasteiger partial charge in [-0.1, -0.05) is 194 Å². The van der Waals surface area contributed by atoms with Gasteiger partial charge in [0.25, 0.3) is 0 Å². The molecule has 7 aromatic carbocycles. The van der Waals surface area contributed by atoms with Crippen molar-refractivity contribution in [3.05, 3.63) is 222 Å². The third kappa shape index (κ3) is 10.0. The van der Waals surface area contributed by atoms with Crippen molar-refractivity contribution in [3.8, 4) is 50.7 Å². The number of fused-ring (bicyclic) bond motifs is 4. The van der Waals surface area contributed by atoms with E-state index in [1.165, 1.54) is 38.6 Å². The number of hydrogen-bond acceptors (Lipinski definition) is 4. The Hall–Kier alpha value is -7.02. The monoisotopic (exact) mass is 1160 g/mol. The molecule has 74 heavy (non-hydrogen) atoms. The van der Waals surface area contributed by atoms with Crippen LogP contribution in [0.15, 0.2) is 180 Å². The molecule has 4 heterocycles. The summed E-state index contributed by atoms with van der Waals surface area (Å²) in [7, 11) is -1.63. The van der Waals surface area contributed by atoms with Crippen molar-refractivity contribution in [2.45, 2.75) is 92.2 Å². The van der Waals surface area contributed by atoms with E-state index in [-0.39, 0.29) is 37.4 Å². The zero-order chi connectivity index (χ0) is 53.7. The Morgan fingerprint density at radius 2 is 1.30 bits per heavy atom. The van der Waals surface area contributed by atoms with Crippen LogP contribution in [0.2, 0.25) is 19.6 Å². The molecule has 0 aliphatic carbocycles. The number of furan rings is 1. The van der Waals surface area contributed by atoms with Gasteiger partial charge >= 0.3 is 0 Å². The minimum atomic E-state index is -2.12. The number of pyridine rings is 2. The average molecular weight is 1160 g/mol. The number of benzene rings is 7. The summed E-state index contributed by atoms with van der Waals surface area (Å²) in [6, 6.07) is 64.6. The van der Waals surface area contributed by atoms with Crippen molar-refractivity contribution in [1.82, 2.24) is 19.5 Å². The van der Waals surface area contributed by atoms with Crippen molar-refractivity contribution in [3.63, 3.8) is 0 Å². The number of imidazole rings is 1. The molecule has 1 radical (unpaired) electrons. The van der Waals surface area contributed by atoms with Crippen molar-refractivity contribution in [1.29, 1.82) is 0 Å². The Labute approximate surface area is 456 Å². The van der Waals surface area contributed by atoms with E-state index in [0.29, 0.717) is 5.56 Å². The molecule has 373 valence electrons. The standard InChI is InChI=1S/C43H36N3O.C24H28NSi.Ir/c1-26(2)35-23-31(29-15-8-6-9-16-29)24-36(27(3)4)41(35)46-40-28(5)44-37(30-17-10-7-11-18-30)25-38(40)45-43(46)34-21-14-20-33-32-19-12-13-22-39(32)47-42(33)34;1-18-12-14-19(15-13-18)22-16-21(23(17-25-22)26(4,5)6)24(2,3)20-10-8-7-9-11-20;/h6-20,22-27H,1-5H3;7-14,16-17H,1-6H3;/q2*-1;/i;1D3;. The first-order chi connectivity index (χ1) is 36.3. The summed E-state index contributed by atoms with van der Waals surface area (Å²) in [5, 5.41) is 3.48. The molecule has 11 rings (SSSR count). The number of aryl methyl sites for hydroxylation is 2. The summed E-state index contributed by atoms with van der Waals surface area (Å²) in [6.45, 7) is 20.6. The Morgan fingerprint density at radius 3 is 1.92 bits per heavy atom. The second-order valence-electron chi connectivity index (χ2n) is 21.3. The number of para-hydroxylation sites is 1. The molecule has 0 N–H and O–H groups in total. The van der Waals surface area contributed by atoms with E-state index in [4.69, 9.17) is 23.5 Å². The van der Waals surface area contributed by atoms with E-state index < -0.39 is 14.9 Å². The Morgan fingerprint density at radius 1 is 0.662 bits per heavy atom. The fraction of sp³-hybridized carbons (Fsp3) is 0.209. The van der Waals surface area contributed by atoms with Gasteiger partial charge in [-0.15, -0.1) is 53.6 Å². The normalized spacial score (nSPS) is 12.6. The van der Waals surface area contributed by atoms with Crippen LogP contribution in [0.3, 0.4) is 0 Å². The van der Waals surface area contributed by atoms with Gasteiger partial charge in [0, 0.05) is 52.5 Å². The Bertz CT molecular complexity index is 3850. The number of rotatable bonds is 10. The molecule has 4 aromatic heterocycles. The molecule has 0 atom stereocenters. The molecule has 0 spiro atoms. The third-order valence-electron chi connectivity index (χ3n) is 14.2. The maximum absolute atomic E-state index is 7.56. The summed E-state index contributed by atoms with van der Waals surface area (Å²) in [4.78, 5) is 15.4. The smallest absolute Gasteiger partial charge is 0.120 e. The maximum atomic E-state index is 7.56. The second-order valence-corrected chi connectivity index (χ2v) is 26.4. The quantitative estimate of drug-likeness (QED) is 0.101. The van der Waals surface area contributed by atoms with Gasteiger partial charge in [-0.05, 0) is 87.3 Å². The largest absolute Gasteiger partial charge is 0.501 e. The topological polar surface area (TPSA) is 56.7 Å². The van der Waals surface area contributed by atoms with Crippen LogP contribution in [0.25, 0.3) is 83.7 Å². The molecule has 5 nitrogen and oxygen atoms in total.